The molecule has 1 aromatic heterocycles. The Hall–Kier alpha value is 0.140. The molecule has 0 radical (unpaired) electrons. The summed E-state index contributed by atoms with van der Waals surface area (Å²) in [6.07, 6.45) is 3.80. The molecule has 0 bridgehead atoms. The van der Waals surface area contributed by atoms with Crippen molar-refractivity contribution in [2.24, 2.45) is 11.8 Å². The highest BCUT2D eigenvalue weighted by molar-refractivity contribution is 9.10. The summed E-state index contributed by atoms with van der Waals surface area (Å²) in [6, 6.07) is 2.16. The number of hydrogen-bond acceptors (Lipinski definition) is 2. The standard InChI is InChI=1S/C14H24BrNS/c1-4-5-12(10-16-9-11(2)3)8-14-13(15)6-7-17-14/h6-7,11-12,16H,4-5,8-10H2,1-3H3. The van der Waals surface area contributed by atoms with Gasteiger partial charge in [-0.1, -0.05) is 27.2 Å². The van der Waals surface area contributed by atoms with E-state index in [2.05, 4.69) is 53.5 Å². The molecule has 1 nitrogen and oxygen atoms in total. The lowest BCUT2D eigenvalue weighted by Gasteiger charge is -2.17. The van der Waals surface area contributed by atoms with Gasteiger partial charge >= 0.3 is 0 Å². The van der Waals surface area contributed by atoms with Crippen molar-refractivity contribution in [3.63, 3.8) is 0 Å². The summed E-state index contributed by atoms with van der Waals surface area (Å²) in [4.78, 5) is 1.50. The molecule has 0 saturated carbocycles. The third-order valence-corrected chi connectivity index (χ3v) is 4.80. The summed E-state index contributed by atoms with van der Waals surface area (Å²) >= 11 is 5.50. The first-order chi connectivity index (χ1) is 8.13. The second-order valence-electron chi connectivity index (χ2n) is 5.10. The highest BCUT2D eigenvalue weighted by Crippen LogP contribution is 2.26. The van der Waals surface area contributed by atoms with Crippen LogP contribution in [0.4, 0.5) is 0 Å². The third-order valence-electron chi connectivity index (χ3n) is 2.85. The van der Waals surface area contributed by atoms with Crippen LogP contribution in [0.1, 0.15) is 38.5 Å². The average Bonchev–Trinajstić information content (AvgIpc) is 2.64. The molecule has 0 aromatic carbocycles. The van der Waals surface area contributed by atoms with Crippen LogP contribution in [-0.2, 0) is 6.42 Å². The molecule has 98 valence electrons. The summed E-state index contributed by atoms with van der Waals surface area (Å²) in [5, 5.41) is 5.76. The van der Waals surface area contributed by atoms with Crippen molar-refractivity contribution in [1.82, 2.24) is 5.32 Å². The minimum absolute atomic E-state index is 0.741. The Morgan fingerprint density at radius 1 is 1.35 bits per heavy atom. The molecule has 1 unspecified atom stereocenters. The molecular weight excluding hydrogens is 294 g/mol. The van der Waals surface area contributed by atoms with Gasteiger partial charge in [-0.15, -0.1) is 11.3 Å². The van der Waals surface area contributed by atoms with Crippen molar-refractivity contribution in [2.45, 2.75) is 40.0 Å². The Morgan fingerprint density at radius 2 is 2.12 bits per heavy atom. The normalized spacial score (nSPS) is 13.2. The molecule has 0 aliphatic heterocycles. The molecule has 0 amide bonds. The Kier molecular flexibility index (Phi) is 7.40. The zero-order valence-corrected chi connectivity index (χ0v) is 13.5. The first-order valence-electron chi connectivity index (χ1n) is 6.56. The van der Waals surface area contributed by atoms with Gasteiger partial charge in [-0.05, 0) is 65.1 Å². The van der Waals surface area contributed by atoms with Crippen molar-refractivity contribution >= 4 is 27.3 Å². The summed E-state index contributed by atoms with van der Waals surface area (Å²) in [5.74, 6) is 1.51. The number of hydrogen-bond donors (Lipinski definition) is 1. The minimum atomic E-state index is 0.741. The van der Waals surface area contributed by atoms with Crippen LogP contribution in [0.15, 0.2) is 15.9 Å². The van der Waals surface area contributed by atoms with Gasteiger partial charge in [0, 0.05) is 9.35 Å². The molecule has 0 fully saturated rings. The second kappa shape index (κ2) is 8.28. The fourth-order valence-corrected chi connectivity index (χ4v) is 3.62. The van der Waals surface area contributed by atoms with E-state index in [0.717, 1.165) is 24.9 Å². The SMILES string of the molecule is CCCC(CNCC(C)C)Cc1sccc1Br. The van der Waals surface area contributed by atoms with Crippen molar-refractivity contribution < 1.29 is 0 Å². The Morgan fingerprint density at radius 3 is 2.65 bits per heavy atom. The van der Waals surface area contributed by atoms with E-state index in [1.807, 2.05) is 11.3 Å². The maximum atomic E-state index is 3.63. The Bertz CT molecular complexity index is 309. The highest BCUT2D eigenvalue weighted by Gasteiger charge is 2.11. The average molecular weight is 318 g/mol. The largest absolute Gasteiger partial charge is 0.316 e. The molecular formula is C14H24BrNS. The van der Waals surface area contributed by atoms with E-state index in [1.54, 1.807) is 0 Å². The lowest BCUT2D eigenvalue weighted by molar-refractivity contribution is 0.422. The Balaban J connectivity index is 2.40. The predicted octanol–water partition coefficient (Wildman–Crippen LogP) is 4.72. The van der Waals surface area contributed by atoms with Crippen LogP contribution in [0.25, 0.3) is 0 Å². The van der Waals surface area contributed by atoms with Crippen LogP contribution in [0, 0.1) is 11.8 Å². The lowest BCUT2D eigenvalue weighted by Crippen LogP contribution is -2.27. The van der Waals surface area contributed by atoms with Gasteiger partial charge in [0.25, 0.3) is 0 Å². The van der Waals surface area contributed by atoms with Crippen molar-refractivity contribution in [1.29, 1.82) is 0 Å². The molecule has 1 N–H and O–H groups in total. The molecule has 17 heavy (non-hydrogen) atoms. The van der Waals surface area contributed by atoms with Crippen LogP contribution < -0.4 is 5.32 Å². The number of halogens is 1. The minimum Gasteiger partial charge on any atom is -0.316 e. The van der Waals surface area contributed by atoms with Gasteiger partial charge in [0.05, 0.1) is 0 Å². The van der Waals surface area contributed by atoms with E-state index in [1.165, 1.54) is 28.6 Å². The summed E-state index contributed by atoms with van der Waals surface area (Å²) in [6.45, 7) is 9.08. The molecule has 1 rings (SSSR count). The third kappa shape index (κ3) is 6.03. The van der Waals surface area contributed by atoms with Crippen molar-refractivity contribution in [3.8, 4) is 0 Å². The zero-order chi connectivity index (χ0) is 12.7. The first-order valence-corrected chi connectivity index (χ1v) is 8.23. The van der Waals surface area contributed by atoms with Crippen LogP contribution in [0.3, 0.4) is 0 Å². The smallest absolute Gasteiger partial charge is 0.0314 e. The number of nitrogens with one attached hydrogen (secondary N) is 1. The van der Waals surface area contributed by atoms with Gasteiger partial charge in [0.1, 0.15) is 0 Å². The van der Waals surface area contributed by atoms with Crippen LogP contribution in [-0.4, -0.2) is 13.1 Å². The van der Waals surface area contributed by atoms with Gasteiger partial charge < -0.3 is 5.32 Å². The van der Waals surface area contributed by atoms with Gasteiger partial charge in [0.15, 0.2) is 0 Å². The van der Waals surface area contributed by atoms with Crippen LogP contribution in [0.5, 0.6) is 0 Å². The molecule has 1 aromatic rings. The van der Waals surface area contributed by atoms with E-state index in [-0.39, 0.29) is 0 Å². The Labute approximate surface area is 118 Å². The fourth-order valence-electron chi connectivity index (χ4n) is 1.99. The van der Waals surface area contributed by atoms with E-state index in [4.69, 9.17) is 0 Å². The second-order valence-corrected chi connectivity index (χ2v) is 6.96. The van der Waals surface area contributed by atoms with Crippen molar-refractivity contribution in [3.05, 3.63) is 20.8 Å². The molecule has 0 aliphatic rings. The summed E-state index contributed by atoms with van der Waals surface area (Å²) < 4.78 is 1.28. The maximum Gasteiger partial charge on any atom is 0.0314 e. The van der Waals surface area contributed by atoms with E-state index in [9.17, 15) is 0 Å². The maximum absolute atomic E-state index is 3.63. The highest BCUT2D eigenvalue weighted by atomic mass is 79.9. The molecule has 1 heterocycles. The topological polar surface area (TPSA) is 12.0 Å². The molecule has 0 saturated heterocycles. The quantitative estimate of drug-likeness (QED) is 0.731. The molecule has 1 atom stereocenters. The van der Waals surface area contributed by atoms with Gasteiger partial charge in [-0.3, -0.25) is 0 Å². The molecule has 0 spiro atoms. The van der Waals surface area contributed by atoms with Gasteiger partial charge in [-0.2, -0.15) is 0 Å². The molecule has 0 aliphatic carbocycles. The van der Waals surface area contributed by atoms with Gasteiger partial charge in [-0.25, -0.2) is 0 Å². The summed E-state index contributed by atoms with van der Waals surface area (Å²) in [5.41, 5.74) is 0. The number of rotatable bonds is 8. The fraction of sp³-hybridized carbons (Fsp3) is 0.714. The monoisotopic (exact) mass is 317 g/mol. The predicted molar refractivity (Wildman–Crippen MR) is 81.8 cm³/mol. The van der Waals surface area contributed by atoms with Crippen molar-refractivity contribution in [2.75, 3.05) is 13.1 Å². The number of thiophene rings is 1. The van der Waals surface area contributed by atoms with E-state index < -0.39 is 0 Å². The molecule has 3 heteroatoms. The zero-order valence-electron chi connectivity index (χ0n) is 11.1. The van der Waals surface area contributed by atoms with E-state index >= 15 is 0 Å². The van der Waals surface area contributed by atoms with Crippen LogP contribution in [0.2, 0.25) is 0 Å². The summed E-state index contributed by atoms with van der Waals surface area (Å²) in [7, 11) is 0. The first kappa shape index (κ1) is 15.2. The lowest BCUT2D eigenvalue weighted by atomic mass is 9.98. The van der Waals surface area contributed by atoms with Crippen LogP contribution >= 0.6 is 27.3 Å². The van der Waals surface area contributed by atoms with Gasteiger partial charge in [0.2, 0.25) is 0 Å². The van der Waals surface area contributed by atoms with E-state index in [0.29, 0.717) is 0 Å².